The Balaban J connectivity index is 2.29. The molecule has 1 amide bonds. The number of nitrogens with zero attached hydrogens (tertiary/aromatic N) is 1. The summed E-state index contributed by atoms with van der Waals surface area (Å²) in [5, 5.41) is 2.50. The highest BCUT2D eigenvalue weighted by atomic mass is 19.3. The van der Waals surface area contributed by atoms with Gasteiger partial charge >= 0.3 is 0 Å². The van der Waals surface area contributed by atoms with Crippen LogP contribution in [-0.4, -0.2) is 37.1 Å². The van der Waals surface area contributed by atoms with Crippen molar-refractivity contribution < 1.29 is 18.3 Å². The van der Waals surface area contributed by atoms with Gasteiger partial charge in [0.15, 0.2) is 0 Å². The first-order valence-electron chi connectivity index (χ1n) is 4.95. The molecule has 3 N–H and O–H groups in total. The Bertz CT molecular complexity index is 374. The van der Waals surface area contributed by atoms with Crippen LogP contribution in [0.1, 0.15) is 10.4 Å². The van der Waals surface area contributed by atoms with Crippen molar-refractivity contribution in [2.24, 2.45) is 0 Å². The molecule has 0 saturated carbocycles. The van der Waals surface area contributed by atoms with Crippen molar-refractivity contribution in [3.63, 3.8) is 0 Å². The molecule has 1 rings (SSSR count). The number of anilines is 1. The zero-order chi connectivity index (χ0) is 12.7. The maximum Gasteiger partial charge on any atom is 0.261 e. The highest BCUT2D eigenvalue weighted by molar-refractivity contribution is 5.98. The monoisotopic (exact) mass is 245 g/mol. The van der Waals surface area contributed by atoms with Crippen molar-refractivity contribution in [2.45, 2.75) is 6.43 Å². The molecule has 5 nitrogen and oxygen atoms in total. The average Bonchev–Trinajstić information content (AvgIpc) is 2.28. The Hall–Kier alpha value is -1.76. The summed E-state index contributed by atoms with van der Waals surface area (Å²) < 4.78 is 28.0. The van der Waals surface area contributed by atoms with Gasteiger partial charge in [-0.25, -0.2) is 8.78 Å². The van der Waals surface area contributed by atoms with E-state index in [2.05, 4.69) is 15.0 Å². The summed E-state index contributed by atoms with van der Waals surface area (Å²) in [6.07, 6.45) is 0.308. The Morgan fingerprint density at radius 3 is 3.00 bits per heavy atom. The molecule has 1 heterocycles. The van der Waals surface area contributed by atoms with Crippen LogP contribution in [-0.2, 0) is 4.74 Å². The summed E-state index contributed by atoms with van der Waals surface area (Å²) >= 11 is 0. The number of amides is 1. The van der Waals surface area contributed by atoms with E-state index in [4.69, 9.17) is 5.73 Å². The normalized spacial score (nSPS) is 10.5. The van der Waals surface area contributed by atoms with Crippen LogP contribution in [0.25, 0.3) is 0 Å². The number of ether oxygens (including phenoxy) is 1. The number of carbonyl (C=O) groups is 1. The first kappa shape index (κ1) is 13.3. The van der Waals surface area contributed by atoms with Gasteiger partial charge in [-0.05, 0) is 6.07 Å². The number of pyridine rings is 1. The summed E-state index contributed by atoms with van der Waals surface area (Å²) in [5.74, 6) is -0.384. The first-order chi connectivity index (χ1) is 8.11. The van der Waals surface area contributed by atoms with Crippen LogP contribution in [0.5, 0.6) is 0 Å². The summed E-state index contributed by atoms with van der Waals surface area (Å²) in [6, 6.07) is 1.48. The molecule has 0 radical (unpaired) electrons. The first-order valence-corrected chi connectivity index (χ1v) is 4.95. The van der Waals surface area contributed by atoms with Crippen LogP contribution >= 0.6 is 0 Å². The summed E-state index contributed by atoms with van der Waals surface area (Å²) in [7, 11) is 0. The third-order valence-electron chi connectivity index (χ3n) is 1.87. The fraction of sp³-hybridized carbons (Fsp3) is 0.400. The standard InChI is InChI=1S/C10H13F2N3O2/c11-9(12)6-17-4-3-15-10(16)7-1-2-14-5-8(7)13/h1-2,5,9H,3-4,6,13H2,(H,15,16). The van der Waals surface area contributed by atoms with E-state index in [1.165, 1.54) is 18.5 Å². The van der Waals surface area contributed by atoms with E-state index in [1.807, 2.05) is 0 Å². The van der Waals surface area contributed by atoms with E-state index < -0.39 is 13.0 Å². The fourth-order valence-electron chi connectivity index (χ4n) is 1.12. The van der Waals surface area contributed by atoms with E-state index >= 15 is 0 Å². The van der Waals surface area contributed by atoms with Crippen LogP contribution in [0.4, 0.5) is 14.5 Å². The van der Waals surface area contributed by atoms with Gasteiger partial charge in [-0.2, -0.15) is 0 Å². The lowest BCUT2D eigenvalue weighted by atomic mass is 10.2. The number of aromatic nitrogens is 1. The lowest BCUT2D eigenvalue weighted by Gasteiger charge is -2.07. The second kappa shape index (κ2) is 6.74. The number of nitrogens with one attached hydrogen (secondary N) is 1. The summed E-state index contributed by atoms with van der Waals surface area (Å²) in [4.78, 5) is 15.3. The molecule has 0 unspecified atom stereocenters. The number of hydrogen-bond donors (Lipinski definition) is 2. The predicted octanol–water partition coefficient (Wildman–Crippen LogP) is 0.675. The number of halogens is 2. The molecular weight excluding hydrogens is 232 g/mol. The van der Waals surface area contributed by atoms with Gasteiger partial charge in [0.05, 0.1) is 24.1 Å². The van der Waals surface area contributed by atoms with Gasteiger partial charge in [-0.1, -0.05) is 0 Å². The molecule has 0 spiro atoms. The molecule has 94 valence electrons. The smallest absolute Gasteiger partial charge is 0.261 e. The molecule has 17 heavy (non-hydrogen) atoms. The van der Waals surface area contributed by atoms with Crippen LogP contribution in [0.15, 0.2) is 18.5 Å². The third kappa shape index (κ3) is 4.73. The van der Waals surface area contributed by atoms with Gasteiger partial charge in [0, 0.05) is 12.7 Å². The molecule has 1 aromatic rings. The SMILES string of the molecule is Nc1cnccc1C(=O)NCCOCC(F)F. The lowest BCUT2D eigenvalue weighted by molar-refractivity contribution is 0.0188. The van der Waals surface area contributed by atoms with Gasteiger partial charge in [0.25, 0.3) is 12.3 Å². The number of alkyl halides is 2. The van der Waals surface area contributed by atoms with E-state index in [0.717, 1.165) is 0 Å². The minimum absolute atomic E-state index is 0.0288. The molecule has 0 aliphatic carbocycles. The molecule has 0 bridgehead atoms. The largest absolute Gasteiger partial charge is 0.397 e. The van der Waals surface area contributed by atoms with Crippen LogP contribution in [0.2, 0.25) is 0 Å². The molecule has 0 aliphatic heterocycles. The molecule has 0 atom stereocenters. The maximum absolute atomic E-state index is 11.7. The van der Waals surface area contributed by atoms with E-state index in [0.29, 0.717) is 5.56 Å². The minimum Gasteiger partial charge on any atom is -0.397 e. The minimum atomic E-state index is -2.50. The fourth-order valence-corrected chi connectivity index (χ4v) is 1.12. The highest BCUT2D eigenvalue weighted by Gasteiger charge is 2.08. The van der Waals surface area contributed by atoms with E-state index in [1.54, 1.807) is 0 Å². The average molecular weight is 245 g/mol. The van der Waals surface area contributed by atoms with Crippen molar-refractivity contribution in [1.82, 2.24) is 10.3 Å². The second-order valence-electron chi connectivity index (χ2n) is 3.18. The zero-order valence-corrected chi connectivity index (χ0v) is 9.03. The Morgan fingerprint density at radius 2 is 2.35 bits per heavy atom. The predicted molar refractivity (Wildman–Crippen MR) is 57.8 cm³/mol. The van der Waals surface area contributed by atoms with Crippen molar-refractivity contribution in [3.8, 4) is 0 Å². The molecule has 1 aromatic heterocycles. The quantitative estimate of drug-likeness (QED) is 0.722. The van der Waals surface area contributed by atoms with Crippen molar-refractivity contribution in [3.05, 3.63) is 24.0 Å². The molecule has 0 saturated heterocycles. The Labute approximate surface area is 97.0 Å². The van der Waals surface area contributed by atoms with Gasteiger partial charge in [-0.3, -0.25) is 9.78 Å². The van der Waals surface area contributed by atoms with Gasteiger partial charge in [0.1, 0.15) is 6.61 Å². The van der Waals surface area contributed by atoms with Crippen molar-refractivity contribution in [1.29, 1.82) is 0 Å². The lowest BCUT2D eigenvalue weighted by Crippen LogP contribution is -2.28. The number of carbonyl (C=O) groups excluding carboxylic acids is 1. The van der Waals surface area contributed by atoms with Crippen molar-refractivity contribution in [2.75, 3.05) is 25.5 Å². The van der Waals surface area contributed by atoms with Gasteiger partial charge in [-0.15, -0.1) is 0 Å². The summed E-state index contributed by atoms with van der Waals surface area (Å²) in [6.45, 7) is -0.457. The second-order valence-corrected chi connectivity index (χ2v) is 3.18. The molecular formula is C10H13F2N3O2. The zero-order valence-electron chi connectivity index (χ0n) is 9.03. The van der Waals surface area contributed by atoms with Crippen molar-refractivity contribution >= 4 is 11.6 Å². The molecule has 0 fully saturated rings. The third-order valence-corrected chi connectivity index (χ3v) is 1.87. The van der Waals surface area contributed by atoms with Crippen LogP contribution in [0, 0.1) is 0 Å². The Kier molecular flexibility index (Phi) is 5.28. The maximum atomic E-state index is 11.7. The topological polar surface area (TPSA) is 77.2 Å². The number of nitrogen functional groups attached to an aromatic ring is 1. The molecule has 0 aliphatic rings. The molecule has 0 aromatic carbocycles. The van der Waals surface area contributed by atoms with E-state index in [-0.39, 0.29) is 24.7 Å². The van der Waals surface area contributed by atoms with Gasteiger partial charge in [0.2, 0.25) is 0 Å². The van der Waals surface area contributed by atoms with Crippen LogP contribution < -0.4 is 11.1 Å². The number of rotatable bonds is 6. The van der Waals surface area contributed by atoms with Gasteiger partial charge < -0.3 is 15.8 Å². The number of hydrogen-bond acceptors (Lipinski definition) is 4. The Morgan fingerprint density at radius 1 is 1.59 bits per heavy atom. The summed E-state index contributed by atoms with van der Waals surface area (Å²) in [5.41, 5.74) is 6.10. The van der Waals surface area contributed by atoms with E-state index in [9.17, 15) is 13.6 Å². The molecule has 7 heteroatoms. The van der Waals surface area contributed by atoms with Crippen LogP contribution in [0.3, 0.4) is 0 Å². The number of nitrogens with two attached hydrogens (primary N) is 1. The highest BCUT2D eigenvalue weighted by Crippen LogP contribution is 2.07.